The Bertz CT molecular complexity index is 188. The Balaban J connectivity index is 2.51. The second-order valence-corrected chi connectivity index (χ2v) is 5.47. The van der Waals surface area contributed by atoms with Gasteiger partial charge >= 0.3 is 0 Å². The largest absolute Gasteiger partial charge is 0.313 e. The standard InChI is InChI=1S/C15H29N/c1-3-5-8-13-9-7-10-14(12-16)15(13)11-6-4-2/h12-16H,3-11H2,1-2H3. The Morgan fingerprint density at radius 3 is 2.38 bits per heavy atom. The van der Waals surface area contributed by atoms with Crippen molar-refractivity contribution in [3.63, 3.8) is 0 Å². The first kappa shape index (κ1) is 13.7. The molecule has 0 bridgehead atoms. The van der Waals surface area contributed by atoms with Crippen LogP contribution in [-0.4, -0.2) is 6.21 Å². The highest BCUT2D eigenvalue weighted by molar-refractivity contribution is 5.57. The fourth-order valence-corrected chi connectivity index (χ4v) is 3.31. The molecule has 3 unspecified atom stereocenters. The molecule has 0 amide bonds. The molecule has 1 saturated carbocycles. The topological polar surface area (TPSA) is 23.9 Å². The van der Waals surface area contributed by atoms with Crippen LogP contribution in [0.3, 0.4) is 0 Å². The maximum absolute atomic E-state index is 7.61. The van der Waals surface area contributed by atoms with Crippen LogP contribution in [0, 0.1) is 23.2 Å². The molecule has 1 rings (SSSR count). The third-order valence-electron chi connectivity index (χ3n) is 4.30. The van der Waals surface area contributed by atoms with Crippen LogP contribution in [0.15, 0.2) is 0 Å². The summed E-state index contributed by atoms with van der Waals surface area (Å²) in [5, 5.41) is 7.61. The molecule has 1 aliphatic carbocycles. The summed E-state index contributed by atoms with van der Waals surface area (Å²) in [6.45, 7) is 4.57. The van der Waals surface area contributed by atoms with Gasteiger partial charge in [0.15, 0.2) is 0 Å². The molecule has 1 heteroatoms. The van der Waals surface area contributed by atoms with Crippen LogP contribution in [0.25, 0.3) is 0 Å². The van der Waals surface area contributed by atoms with Crippen LogP contribution in [-0.2, 0) is 0 Å². The normalized spacial score (nSPS) is 30.2. The monoisotopic (exact) mass is 223 g/mol. The van der Waals surface area contributed by atoms with E-state index in [-0.39, 0.29) is 0 Å². The second-order valence-electron chi connectivity index (χ2n) is 5.47. The molecule has 1 nitrogen and oxygen atoms in total. The van der Waals surface area contributed by atoms with Crippen molar-refractivity contribution in [1.82, 2.24) is 0 Å². The molecule has 1 aliphatic rings. The van der Waals surface area contributed by atoms with Gasteiger partial charge in [-0.25, -0.2) is 0 Å². The summed E-state index contributed by atoms with van der Waals surface area (Å²) in [5.74, 6) is 2.35. The van der Waals surface area contributed by atoms with E-state index in [0.717, 1.165) is 11.8 Å². The van der Waals surface area contributed by atoms with Crippen LogP contribution in [0.5, 0.6) is 0 Å². The van der Waals surface area contributed by atoms with Crippen molar-refractivity contribution >= 4 is 6.21 Å². The van der Waals surface area contributed by atoms with E-state index in [1.54, 1.807) is 6.21 Å². The molecule has 1 N–H and O–H groups in total. The summed E-state index contributed by atoms with van der Waals surface area (Å²) in [7, 11) is 0. The quantitative estimate of drug-likeness (QED) is 0.584. The highest BCUT2D eigenvalue weighted by atomic mass is 14.4. The first-order chi connectivity index (χ1) is 7.83. The number of hydrogen-bond donors (Lipinski definition) is 1. The lowest BCUT2D eigenvalue weighted by Crippen LogP contribution is -2.29. The average Bonchev–Trinajstić information content (AvgIpc) is 2.33. The predicted molar refractivity (Wildman–Crippen MR) is 72.2 cm³/mol. The second kappa shape index (κ2) is 7.86. The molecule has 0 aliphatic heterocycles. The minimum Gasteiger partial charge on any atom is -0.313 e. The van der Waals surface area contributed by atoms with Gasteiger partial charge in [-0.1, -0.05) is 58.8 Å². The van der Waals surface area contributed by atoms with Gasteiger partial charge in [0.05, 0.1) is 0 Å². The average molecular weight is 223 g/mol. The molecule has 0 aromatic rings. The van der Waals surface area contributed by atoms with E-state index in [1.165, 1.54) is 57.8 Å². The summed E-state index contributed by atoms with van der Waals surface area (Å²) >= 11 is 0. The minimum absolute atomic E-state index is 0.599. The van der Waals surface area contributed by atoms with Crippen molar-refractivity contribution < 1.29 is 0 Å². The van der Waals surface area contributed by atoms with Gasteiger partial charge in [-0.3, -0.25) is 0 Å². The number of hydrogen-bond acceptors (Lipinski definition) is 1. The summed E-state index contributed by atoms with van der Waals surface area (Å²) < 4.78 is 0. The van der Waals surface area contributed by atoms with Gasteiger partial charge < -0.3 is 5.41 Å². The van der Waals surface area contributed by atoms with Gasteiger partial charge in [-0.2, -0.15) is 0 Å². The van der Waals surface area contributed by atoms with Crippen LogP contribution >= 0.6 is 0 Å². The number of unbranched alkanes of at least 4 members (excludes halogenated alkanes) is 2. The summed E-state index contributed by atoms with van der Waals surface area (Å²) in [6, 6.07) is 0. The SMILES string of the molecule is CCCCC1CCCC(C=N)C1CCCC. The third kappa shape index (κ3) is 3.92. The fraction of sp³-hybridized carbons (Fsp3) is 0.933. The van der Waals surface area contributed by atoms with Gasteiger partial charge in [0.1, 0.15) is 0 Å². The number of rotatable bonds is 7. The van der Waals surface area contributed by atoms with E-state index in [0.29, 0.717) is 5.92 Å². The van der Waals surface area contributed by atoms with E-state index < -0.39 is 0 Å². The van der Waals surface area contributed by atoms with Gasteiger partial charge in [0, 0.05) is 0 Å². The van der Waals surface area contributed by atoms with Gasteiger partial charge in [-0.05, 0) is 36.8 Å². The van der Waals surface area contributed by atoms with E-state index >= 15 is 0 Å². The highest BCUT2D eigenvalue weighted by Crippen LogP contribution is 2.39. The molecule has 0 aromatic carbocycles. The van der Waals surface area contributed by atoms with Crippen molar-refractivity contribution in [2.24, 2.45) is 17.8 Å². The molecular formula is C15H29N. The molecule has 0 spiro atoms. The highest BCUT2D eigenvalue weighted by Gasteiger charge is 2.30. The van der Waals surface area contributed by atoms with E-state index in [9.17, 15) is 0 Å². The first-order valence-corrected chi connectivity index (χ1v) is 7.34. The zero-order valence-corrected chi connectivity index (χ0v) is 11.2. The molecular weight excluding hydrogens is 194 g/mol. The zero-order chi connectivity index (χ0) is 11.8. The van der Waals surface area contributed by atoms with Crippen LogP contribution in [0.2, 0.25) is 0 Å². The van der Waals surface area contributed by atoms with E-state index in [4.69, 9.17) is 5.41 Å². The summed E-state index contributed by atoms with van der Waals surface area (Å²) in [5.41, 5.74) is 0. The molecule has 0 aromatic heterocycles. The maximum Gasteiger partial charge on any atom is -0.00139 e. The lowest BCUT2D eigenvalue weighted by Gasteiger charge is -2.36. The van der Waals surface area contributed by atoms with Crippen molar-refractivity contribution in [2.75, 3.05) is 0 Å². The van der Waals surface area contributed by atoms with Gasteiger partial charge in [0.25, 0.3) is 0 Å². The smallest absolute Gasteiger partial charge is 0.00139 e. The van der Waals surface area contributed by atoms with Gasteiger partial charge in [-0.15, -0.1) is 0 Å². The molecule has 16 heavy (non-hydrogen) atoms. The Hall–Kier alpha value is -0.330. The van der Waals surface area contributed by atoms with Crippen LogP contribution in [0.4, 0.5) is 0 Å². The van der Waals surface area contributed by atoms with Crippen molar-refractivity contribution in [1.29, 1.82) is 5.41 Å². The minimum atomic E-state index is 0.599. The molecule has 94 valence electrons. The summed E-state index contributed by atoms with van der Waals surface area (Å²) in [4.78, 5) is 0. The zero-order valence-electron chi connectivity index (χ0n) is 11.2. The fourth-order valence-electron chi connectivity index (χ4n) is 3.31. The van der Waals surface area contributed by atoms with Crippen LogP contribution < -0.4 is 0 Å². The van der Waals surface area contributed by atoms with Crippen LogP contribution in [0.1, 0.15) is 71.6 Å². The first-order valence-electron chi connectivity index (χ1n) is 7.34. The van der Waals surface area contributed by atoms with E-state index in [1.807, 2.05) is 0 Å². The molecule has 0 radical (unpaired) electrons. The Labute approximate surface area is 102 Å². The van der Waals surface area contributed by atoms with Crippen molar-refractivity contribution in [3.8, 4) is 0 Å². The van der Waals surface area contributed by atoms with Crippen molar-refractivity contribution in [2.45, 2.75) is 71.6 Å². The molecule has 1 fully saturated rings. The number of nitrogens with one attached hydrogen (secondary N) is 1. The predicted octanol–water partition coefficient (Wildman–Crippen LogP) is 5.05. The van der Waals surface area contributed by atoms with E-state index in [2.05, 4.69) is 13.8 Å². The Morgan fingerprint density at radius 2 is 1.75 bits per heavy atom. The molecule has 0 heterocycles. The Morgan fingerprint density at radius 1 is 1.06 bits per heavy atom. The Kier molecular flexibility index (Phi) is 6.75. The summed E-state index contributed by atoms with van der Waals surface area (Å²) in [6.07, 6.45) is 14.0. The van der Waals surface area contributed by atoms with Gasteiger partial charge in [0.2, 0.25) is 0 Å². The molecule has 0 saturated heterocycles. The van der Waals surface area contributed by atoms with Crippen molar-refractivity contribution in [3.05, 3.63) is 0 Å². The molecule has 3 atom stereocenters. The maximum atomic E-state index is 7.61. The lowest BCUT2D eigenvalue weighted by atomic mass is 9.69. The third-order valence-corrected chi connectivity index (χ3v) is 4.30. The lowest BCUT2D eigenvalue weighted by molar-refractivity contribution is 0.171.